The number of hydrogen-bond acceptors (Lipinski definition) is 3. The summed E-state index contributed by atoms with van der Waals surface area (Å²) >= 11 is 11.7. The van der Waals surface area contributed by atoms with E-state index in [1.165, 1.54) is 0 Å². The Morgan fingerprint density at radius 1 is 1.29 bits per heavy atom. The average Bonchev–Trinajstić information content (AvgIpc) is 2.88. The van der Waals surface area contributed by atoms with Crippen molar-refractivity contribution < 1.29 is 14.6 Å². The van der Waals surface area contributed by atoms with Gasteiger partial charge in [0.15, 0.2) is 0 Å². The molecular formula is C15H19Cl2NO3. The number of ether oxygens (including phenoxy) is 1. The molecule has 0 heterocycles. The highest BCUT2D eigenvalue weighted by Gasteiger charge is 2.31. The Balaban J connectivity index is 1.68. The van der Waals surface area contributed by atoms with Gasteiger partial charge in [0.25, 0.3) is 0 Å². The van der Waals surface area contributed by atoms with Crippen LogP contribution in [0.5, 0.6) is 5.75 Å². The molecule has 0 aromatic heterocycles. The van der Waals surface area contributed by atoms with E-state index in [0.717, 1.165) is 25.7 Å². The van der Waals surface area contributed by atoms with Gasteiger partial charge in [-0.2, -0.15) is 0 Å². The van der Waals surface area contributed by atoms with E-state index in [4.69, 9.17) is 27.9 Å². The first-order valence-electron chi connectivity index (χ1n) is 7.05. The number of halogens is 2. The van der Waals surface area contributed by atoms with Crippen LogP contribution in [0.1, 0.15) is 32.1 Å². The first-order valence-corrected chi connectivity index (χ1v) is 7.81. The third-order valence-electron chi connectivity index (χ3n) is 3.64. The first kappa shape index (κ1) is 16.4. The minimum atomic E-state index is -0.722. The van der Waals surface area contributed by atoms with E-state index in [0.29, 0.717) is 22.3 Å². The summed E-state index contributed by atoms with van der Waals surface area (Å²) in [5.74, 6) is 0.446. The minimum Gasteiger partial charge on any atom is -0.493 e. The molecule has 1 aromatic rings. The summed E-state index contributed by atoms with van der Waals surface area (Å²) in [4.78, 5) is 11.7. The van der Waals surface area contributed by atoms with Crippen molar-refractivity contribution in [2.45, 2.75) is 37.7 Å². The first-order chi connectivity index (χ1) is 9.98. The molecule has 0 radical (unpaired) electrons. The van der Waals surface area contributed by atoms with E-state index in [-0.39, 0.29) is 18.9 Å². The molecule has 1 aromatic carbocycles. The lowest BCUT2D eigenvalue weighted by molar-refractivity contribution is -0.122. The standard InChI is InChI=1S/C15H19Cl2NO3/c16-12-4-3-11(9-13(12)17)21-8-5-14(19)18-10-15(20)6-1-2-7-15/h3-4,9,20H,1-2,5-8,10H2,(H,18,19). The van der Waals surface area contributed by atoms with Crippen molar-refractivity contribution in [3.8, 4) is 5.75 Å². The maximum Gasteiger partial charge on any atom is 0.223 e. The molecule has 0 atom stereocenters. The van der Waals surface area contributed by atoms with E-state index in [2.05, 4.69) is 5.32 Å². The van der Waals surface area contributed by atoms with Gasteiger partial charge in [0.1, 0.15) is 5.75 Å². The molecule has 2 N–H and O–H groups in total. The fourth-order valence-corrected chi connectivity index (χ4v) is 2.68. The molecule has 0 spiro atoms. The van der Waals surface area contributed by atoms with Crippen molar-refractivity contribution in [3.05, 3.63) is 28.2 Å². The fourth-order valence-electron chi connectivity index (χ4n) is 2.39. The van der Waals surface area contributed by atoms with Gasteiger partial charge in [-0.15, -0.1) is 0 Å². The van der Waals surface area contributed by atoms with Crippen molar-refractivity contribution in [1.29, 1.82) is 0 Å². The van der Waals surface area contributed by atoms with Gasteiger partial charge in [-0.3, -0.25) is 4.79 Å². The van der Waals surface area contributed by atoms with E-state index in [9.17, 15) is 9.90 Å². The van der Waals surface area contributed by atoms with Crippen LogP contribution in [0.15, 0.2) is 18.2 Å². The number of hydrogen-bond donors (Lipinski definition) is 2. The molecule has 1 aliphatic carbocycles. The van der Waals surface area contributed by atoms with Gasteiger partial charge in [0, 0.05) is 12.6 Å². The molecule has 4 nitrogen and oxygen atoms in total. The zero-order valence-corrected chi connectivity index (χ0v) is 13.2. The summed E-state index contributed by atoms with van der Waals surface area (Å²) in [6.45, 7) is 0.570. The van der Waals surface area contributed by atoms with Crippen molar-refractivity contribution in [1.82, 2.24) is 5.32 Å². The molecule has 2 rings (SSSR count). The Morgan fingerprint density at radius 2 is 2.00 bits per heavy atom. The number of nitrogens with one attached hydrogen (secondary N) is 1. The summed E-state index contributed by atoms with van der Waals surface area (Å²) in [6.07, 6.45) is 3.79. The lowest BCUT2D eigenvalue weighted by atomic mass is 10.0. The molecule has 6 heteroatoms. The third kappa shape index (κ3) is 5.06. The SMILES string of the molecule is O=C(CCOc1ccc(Cl)c(Cl)c1)NCC1(O)CCCC1. The number of amides is 1. The third-order valence-corrected chi connectivity index (χ3v) is 4.38. The van der Waals surface area contributed by atoms with Crippen molar-refractivity contribution in [2.75, 3.05) is 13.2 Å². The summed E-state index contributed by atoms with van der Waals surface area (Å²) in [5, 5.41) is 13.8. The van der Waals surface area contributed by atoms with E-state index in [1.54, 1.807) is 18.2 Å². The van der Waals surface area contributed by atoms with E-state index < -0.39 is 5.60 Å². The molecule has 0 unspecified atom stereocenters. The van der Waals surface area contributed by atoms with Gasteiger partial charge in [-0.05, 0) is 25.0 Å². The zero-order chi connectivity index (χ0) is 15.3. The van der Waals surface area contributed by atoms with Crippen LogP contribution in [0.4, 0.5) is 0 Å². The largest absolute Gasteiger partial charge is 0.493 e. The molecule has 0 bridgehead atoms. The zero-order valence-electron chi connectivity index (χ0n) is 11.7. The normalized spacial score (nSPS) is 16.7. The van der Waals surface area contributed by atoms with E-state index >= 15 is 0 Å². The predicted molar refractivity (Wildman–Crippen MR) is 83.0 cm³/mol. The van der Waals surface area contributed by atoms with E-state index in [1.807, 2.05) is 0 Å². The molecule has 1 fully saturated rings. The van der Waals surface area contributed by atoms with Gasteiger partial charge in [0.05, 0.1) is 28.7 Å². The van der Waals surface area contributed by atoms with Gasteiger partial charge < -0.3 is 15.2 Å². The molecule has 0 saturated heterocycles. The molecule has 1 aliphatic rings. The highest BCUT2D eigenvalue weighted by atomic mass is 35.5. The molecule has 116 valence electrons. The quantitative estimate of drug-likeness (QED) is 0.841. The lowest BCUT2D eigenvalue weighted by Gasteiger charge is -2.22. The Labute approximate surface area is 134 Å². The Morgan fingerprint density at radius 3 is 2.67 bits per heavy atom. The van der Waals surface area contributed by atoms with Crippen molar-refractivity contribution in [2.24, 2.45) is 0 Å². The van der Waals surface area contributed by atoms with Crippen LogP contribution < -0.4 is 10.1 Å². The molecule has 1 amide bonds. The molecular weight excluding hydrogens is 313 g/mol. The molecule has 1 saturated carbocycles. The summed E-state index contributed by atoms with van der Waals surface area (Å²) in [6, 6.07) is 4.96. The Hall–Kier alpha value is -0.970. The monoisotopic (exact) mass is 331 g/mol. The van der Waals surface area contributed by atoms with Crippen LogP contribution in [0.2, 0.25) is 10.0 Å². The number of rotatable bonds is 6. The predicted octanol–water partition coefficient (Wildman–Crippen LogP) is 3.18. The maximum atomic E-state index is 11.7. The van der Waals surface area contributed by atoms with Crippen LogP contribution in [0.3, 0.4) is 0 Å². The molecule has 0 aliphatic heterocycles. The smallest absolute Gasteiger partial charge is 0.223 e. The average molecular weight is 332 g/mol. The molecule has 21 heavy (non-hydrogen) atoms. The van der Waals surface area contributed by atoms with Crippen molar-refractivity contribution in [3.63, 3.8) is 0 Å². The Bertz CT molecular complexity index is 502. The highest BCUT2D eigenvalue weighted by Crippen LogP contribution is 2.28. The fraction of sp³-hybridized carbons (Fsp3) is 0.533. The highest BCUT2D eigenvalue weighted by molar-refractivity contribution is 6.42. The van der Waals surface area contributed by atoms with Crippen molar-refractivity contribution >= 4 is 29.1 Å². The minimum absolute atomic E-state index is 0.129. The van der Waals surface area contributed by atoms with Crippen LogP contribution in [-0.2, 0) is 4.79 Å². The summed E-state index contributed by atoms with van der Waals surface area (Å²) < 4.78 is 5.44. The summed E-state index contributed by atoms with van der Waals surface area (Å²) in [7, 11) is 0. The van der Waals surface area contributed by atoms with Crippen LogP contribution in [0, 0.1) is 0 Å². The van der Waals surface area contributed by atoms with Crippen LogP contribution >= 0.6 is 23.2 Å². The van der Waals surface area contributed by atoms with Gasteiger partial charge in [-0.25, -0.2) is 0 Å². The topological polar surface area (TPSA) is 58.6 Å². The lowest BCUT2D eigenvalue weighted by Crippen LogP contribution is -2.41. The number of benzene rings is 1. The van der Waals surface area contributed by atoms with Gasteiger partial charge in [-0.1, -0.05) is 36.0 Å². The Kier molecular flexibility index (Phi) is 5.73. The number of aliphatic hydroxyl groups is 1. The number of carbonyl (C=O) groups excluding carboxylic acids is 1. The van der Waals surface area contributed by atoms with Gasteiger partial charge >= 0.3 is 0 Å². The maximum absolute atomic E-state index is 11.7. The second-order valence-corrected chi connectivity index (χ2v) is 6.20. The second-order valence-electron chi connectivity index (χ2n) is 5.38. The second kappa shape index (κ2) is 7.34. The van der Waals surface area contributed by atoms with Gasteiger partial charge in [0.2, 0.25) is 5.91 Å². The summed E-state index contributed by atoms with van der Waals surface area (Å²) in [5.41, 5.74) is -0.722. The van der Waals surface area contributed by atoms with Crippen LogP contribution in [-0.4, -0.2) is 29.8 Å². The van der Waals surface area contributed by atoms with Crippen LogP contribution in [0.25, 0.3) is 0 Å². The number of carbonyl (C=O) groups is 1.